The molecule has 1 fully saturated rings. The second kappa shape index (κ2) is 7.65. The summed E-state index contributed by atoms with van der Waals surface area (Å²) < 4.78 is 0. The molecule has 0 radical (unpaired) electrons. The summed E-state index contributed by atoms with van der Waals surface area (Å²) >= 11 is 0. The van der Waals surface area contributed by atoms with Crippen LogP contribution in [-0.2, 0) is 9.59 Å². The van der Waals surface area contributed by atoms with Gasteiger partial charge < -0.3 is 15.1 Å². The van der Waals surface area contributed by atoms with E-state index in [0.29, 0.717) is 17.2 Å². The highest BCUT2D eigenvalue weighted by Crippen LogP contribution is 2.13. The summed E-state index contributed by atoms with van der Waals surface area (Å²) in [6.07, 6.45) is 0.0276. The van der Waals surface area contributed by atoms with Crippen LogP contribution in [0.2, 0.25) is 0 Å². The Morgan fingerprint density at radius 2 is 1.88 bits per heavy atom. The molecule has 2 aliphatic rings. The van der Waals surface area contributed by atoms with Crippen LogP contribution in [0.5, 0.6) is 0 Å². The Bertz CT molecular complexity index is 736. The monoisotopic (exact) mass is 358 g/mol. The van der Waals surface area contributed by atoms with E-state index in [9.17, 15) is 14.4 Å². The third-order valence-corrected chi connectivity index (χ3v) is 4.69. The van der Waals surface area contributed by atoms with Gasteiger partial charge in [-0.1, -0.05) is 0 Å². The molecule has 2 heterocycles. The molecule has 1 atom stereocenters. The van der Waals surface area contributed by atoms with Gasteiger partial charge in [-0.2, -0.15) is 0 Å². The van der Waals surface area contributed by atoms with Crippen LogP contribution >= 0.6 is 0 Å². The molecule has 3 rings (SSSR count). The van der Waals surface area contributed by atoms with Crippen LogP contribution in [0.15, 0.2) is 29.3 Å². The standard InChI is InChI=1S/C18H23N5O3/c1-12(24)13-3-5-14(6-4-13)19-17(26)15-11-16(25)21-18(20-15)23-9-7-22(2)8-10-23/h3-6,15H,7-11H2,1-2H3,(H,19,26)(H,20,21,25)/p+1/t15-/m1/s1. The molecule has 8 nitrogen and oxygen atoms in total. The molecule has 26 heavy (non-hydrogen) atoms. The highest BCUT2D eigenvalue weighted by atomic mass is 16.2. The number of ketones is 1. The van der Waals surface area contributed by atoms with Gasteiger partial charge in [-0.25, -0.2) is 4.99 Å². The summed E-state index contributed by atoms with van der Waals surface area (Å²) in [5, 5.41) is 5.55. The van der Waals surface area contributed by atoms with E-state index in [1.807, 2.05) is 4.90 Å². The lowest BCUT2D eigenvalue weighted by atomic mass is 10.1. The summed E-state index contributed by atoms with van der Waals surface area (Å²) in [6.45, 7) is 5.02. The van der Waals surface area contributed by atoms with Crippen LogP contribution in [0.4, 0.5) is 5.69 Å². The van der Waals surface area contributed by atoms with Crippen LogP contribution in [0.3, 0.4) is 0 Å². The van der Waals surface area contributed by atoms with Crippen LogP contribution < -0.4 is 15.5 Å². The minimum atomic E-state index is -0.752. The maximum atomic E-state index is 12.5. The largest absolute Gasteiger partial charge is 0.334 e. The third kappa shape index (κ3) is 4.26. The van der Waals surface area contributed by atoms with Gasteiger partial charge in [0, 0.05) is 11.3 Å². The fourth-order valence-corrected chi connectivity index (χ4v) is 3.00. The van der Waals surface area contributed by atoms with Gasteiger partial charge in [0.05, 0.1) is 39.6 Å². The number of Topliss-reactive ketones (excluding diaryl/α,β-unsaturated/α-hetero) is 1. The molecule has 3 N–H and O–H groups in total. The predicted molar refractivity (Wildman–Crippen MR) is 97.3 cm³/mol. The lowest BCUT2D eigenvalue weighted by Gasteiger charge is -2.34. The number of anilines is 1. The topological polar surface area (TPSA) is 95.3 Å². The first-order valence-corrected chi connectivity index (χ1v) is 8.78. The number of piperazine rings is 1. The average Bonchev–Trinajstić information content (AvgIpc) is 2.62. The third-order valence-electron chi connectivity index (χ3n) is 4.69. The Labute approximate surface area is 152 Å². The number of likely N-dealkylation sites (N-methyl/N-ethyl adjacent to an activating group) is 1. The van der Waals surface area contributed by atoms with Crippen LogP contribution in [-0.4, -0.2) is 67.7 Å². The fourth-order valence-electron chi connectivity index (χ4n) is 3.00. The second-order valence-electron chi connectivity index (χ2n) is 6.79. The molecule has 2 aliphatic heterocycles. The second-order valence-corrected chi connectivity index (χ2v) is 6.79. The van der Waals surface area contributed by atoms with E-state index >= 15 is 0 Å². The molecule has 0 spiro atoms. The zero-order valence-electron chi connectivity index (χ0n) is 15.0. The van der Waals surface area contributed by atoms with Gasteiger partial charge in [0.1, 0.15) is 6.04 Å². The minimum Gasteiger partial charge on any atom is -0.334 e. The quantitative estimate of drug-likeness (QED) is 0.598. The van der Waals surface area contributed by atoms with Crippen molar-refractivity contribution in [3.8, 4) is 0 Å². The summed E-state index contributed by atoms with van der Waals surface area (Å²) in [7, 11) is 2.13. The number of rotatable bonds is 3. The van der Waals surface area contributed by atoms with Crippen molar-refractivity contribution < 1.29 is 19.3 Å². The van der Waals surface area contributed by atoms with E-state index in [0.717, 1.165) is 26.2 Å². The molecule has 2 amide bonds. The first kappa shape index (κ1) is 18.1. The molecule has 8 heteroatoms. The van der Waals surface area contributed by atoms with Crippen molar-refractivity contribution in [3.63, 3.8) is 0 Å². The van der Waals surface area contributed by atoms with E-state index in [4.69, 9.17) is 0 Å². The number of benzene rings is 1. The normalized spacial score (nSPS) is 21.0. The summed E-state index contributed by atoms with van der Waals surface area (Å²) in [5.74, 6) is -0.0723. The van der Waals surface area contributed by atoms with Crippen molar-refractivity contribution in [2.45, 2.75) is 19.4 Å². The molecule has 0 bridgehead atoms. The molecule has 0 saturated carbocycles. The van der Waals surface area contributed by atoms with Crippen LogP contribution in [0.1, 0.15) is 23.7 Å². The number of aliphatic imine (C=N–C) groups is 1. The highest BCUT2D eigenvalue weighted by molar-refractivity contribution is 6.06. The number of hydrogen-bond acceptors (Lipinski definition) is 5. The Balaban J connectivity index is 1.68. The predicted octanol–water partition coefficient (Wildman–Crippen LogP) is -1.10. The Morgan fingerprint density at radius 3 is 2.50 bits per heavy atom. The first-order valence-electron chi connectivity index (χ1n) is 8.78. The maximum Gasteiger partial charge on any atom is 0.249 e. The molecule has 0 aromatic heterocycles. The van der Waals surface area contributed by atoms with Gasteiger partial charge in [-0.05, 0) is 31.2 Å². The number of quaternary nitrogens is 1. The fraction of sp³-hybridized carbons (Fsp3) is 0.444. The average molecular weight is 358 g/mol. The minimum absolute atomic E-state index is 0.0276. The highest BCUT2D eigenvalue weighted by Gasteiger charge is 2.30. The number of guanidine groups is 1. The van der Waals surface area contributed by atoms with E-state index < -0.39 is 6.04 Å². The molecular formula is C18H24N5O3+. The van der Waals surface area contributed by atoms with Crippen LogP contribution in [0.25, 0.3) is 0 Å². The van der Waals surface area contributed by atoms with E-state index in [2.05, 4.69) is 22.7 Å². The van der Waals surface area contributed by atoms with Gasteiger partial charge in [-0.3, -0.25) is 19.7 Å². The summed E-state index contributed by atoms with van der Waals surface area (Å²) in [4.78, 5) is 43.8. The number of nitrogens with zero attached hydrogens (tertiary/aromatic N) is 2. The van der Waals surface area contributed by atoms with E-state index in [1.165, 1.54) is 11.8 Å². The van der Waals surface area contributed by atoms with Crippen molar-refractivity contribution in [1.82, 2.24) is 10.2 Å². The van der Waals surface area contributed by atoms with E-state index in [1.54, 1.807) is 24.3 Å². The number of carbonyl (C=O) groups is 3. The molecule has 1 saturated heterocycles. The molecule has 0 unspecified atom stereocenters. The smallest absolute Gasteiger partial charge is 0.249 e. The zero-order valence-corrected chi connectivity index (χ0v) is 15.0. The van der Waals surface area contributed by atoms with Gasteiger partial charge >= 0.3 is 0 Å². The van der Waals surface area contributed by atoms with E-state index in [-0.39, 0.29) is 24.0 Å². The van der Waals surface area contributed by atoms with Crippen LogP contribution in [0, 0.1) is 0 Å². The molecule has 1 aromatic rings. The van der Waals surface area contributed by atoms with Gasteiger partial charge in [0.15, 0.2) is 5.78 Å². The summed E-state index contributed by atoms with van der Waals surface area (Å²) in [5.41, 5.74) is 1.16. The Morgan fingerprint density at radius 1 is 1.23 bits per heavy atom. The lowest BCUT2D eigenvalue weighted by molar-refractivity contribution is -0.883. The molecule has 1 aromatic carbocycles. The van der Waals surface area contributed by atoms with Crippen molar-refractivity contribution in [2.75, 3.05) is 38.5 Å². The molecular weight excluding hydrogens is 334 g/mol. The number of hydrogen-bond donors (Lipinski definition) is 3. The molecule has 138 valence electrons. The number of amides is 2. The van der Waals surface area contributed by atoms with Gasteiger partial charge in [0.2, 0.25) is 17.8 Å². The SMILES string of the molecule is CC(=O)c1ccc(NC(=O)[C@H]2CC(=O)NC(N3CC[NH+](C)CC3)=N2)cc1. The van der Waals surface area contributed by atoms with Crippen molar-refractivity contribution in [3.05, 3.63) is 29.8 Å². The lowest BCUT2D eigenvalue weighted by Crippen LogP contribution is -3.12. The Hall–Kier alpha value is -2.74. The van der Waals surface area contributed by atoms with Gasteiger partial charge in [0.25, 0.3) is 0 Å². The maximum absolute atomic E-state index is 12.5. The summed E-state index contributed by atoms with van der Waals surface area (Å²) in [6, 6.07) is 5.91. The zero-order chi connectivity index (χ0) is 18.7. The van der Waals surface area contributed by atoms with Crippen molar-refractivity contribution >= 4 is 29.2 Å². The van der Waals surface area contributed by atoms with Gasteiger partial charge in [-0.15, -0.1) is 0 Å². The van der Waals surface area contributed by atoms with Crippen molar-refractivity contribution in [2.24, 2.45) is 4.99 Å². The number of carbonyl (C=O) groups excluding carboxylic acids is 3. The Kier molecular flexibility index (Phi) is 5.32. The van der Waals surface area contributed by atoms with Crippen molar-refractivity contribution in [1.29, 1.82) is 0 Å². The first-order chi connectivity index (χ1) is 12.4. The molecule has 0 aliphatic carbocycles. The number of nitrogens with one attached hydrogen (secondary N) is 3.